The second-order valence-corrected chi connectivity index (χ2v) is 4.22. The summed E-state index contributed by atoms with van der Waals surface area (Å²) < 4.78 is 0. The lowest BCUT2D eigenvalue weighted by atomic mass is 10.1. The van der Waals surface area contributed by atoms with Crippen molar-refractivity contribution in [2.45, 2.75) is 25.8 Å². The van der Waals surface area contributed by atoms with Gasteiger partial charge >= 0.3 is 5.97 Å². The zero-order valence-corrected chi connectivity index (χ0v) is 10.3. The van der Waals surface area contributed by atoms with Crippen molar-refractivity contribution in [2.75, 3.05) is 5.32 Å². The first kappa shape index (κ1) is 12.4. The van der Waals surface area contributed by atoms with Crippen LogP contribution in [0.2, 0.25) is 0 Å². The minimum atomic E-state index is -0.785. The van der Waals surface area contributed by atoms with E-state index in [0.29, 0.717) is 0 Å². The van der Waals surface area contributed by atoms with Crippen molar-refractivity contribution >= 4 is 22.6 Å². The molecule has 0 aliphatic heterocycles. The number of hydrogen-bond donors (Lipinski definition) is 2. The van der Waals surface area contributed by atoms with Gasteiger partial charge in [0.2, 0.25) is 0 Å². The van der Waals surface area contributed by atoms with Crippen molar-refractivity contribution in [1.82, 2.24) is 4.98 Å². The number of nitrogens with zero attached hydrogens (tertiary/aromatic N) is 1. The summed E-state index contributed by atoms with van der Waals surface area (Å²) in [6.07, 6.45) is 2.62. The van der Waals surface area contributed by atoms with Crippen LogP contribution >= 0.6 is 0 Å². The van der Waals surface area contributed by atoms with E-state index in [2.05, 4.69) is 10.3 Å². The predicted octanol–water partition coefficient (Wildman–Crippen LogP) is 2.90. The SMILES string of the molecule is CCC(CC(=O)O)Nc1ccnc2ccccc12. The number of carbonyl (C=O) groups is 1. The van der Waals surface area contributed by atoms with Gasteiger partial charge in [0.1, 0.15) is 0 Å². The smallest absolute Gasteiger partial charge is 0.305 e. The molecule has 2 aromatic rings. The van der Waals surface area contributed by atoms with Gasteiger partial charge in [0.15, 0.2) is 0 Å². The Morgan fingerprint density at radius 1 is 1.39 bits per heavy atom. The van der Waals surface area contributed by atoms with Gasteiger partial charge < -0.3 is 10.4 Å². The lowest BCUT2D eigenvalue weighted by molar-refractivity contribution is -0.137. The summed E-state index contributed by atoms with van der Waals surface area (Å²) in [4.78, 5) is 15.0. The maximum Gasteiger partial charge on any atom is 0.305 e. The molecule has 0 fully saturated rings. The van der Waals surface area contributed by atoms with E-state index in [-0.39, 0.29) is 12.5 Å². The average molecular weight is 244 g/mol. The second kappa shape index (κ2) is 5.49. The fourth-order valence-corrected chi connectivity index (χ4v) is 1.95. The number of pyridine rings is 1. The standard InChI is InChI=1S/C14H16N2O2/c1-2-10(9-14(17)18)16-13-7-8-15-12-6-4-3-5-11(12)13/h3-8,10H,2,9H2,1H3,(H,15,16)(H,17,18). The Bertz CT molecular complexity index is 549. The van der Waals surface area contributed by atoms with Gasteiger partial charge in [-0.1, -0.05) is 25.1 Å². The molecule has 0 spiro atoms. The Balaban J connectivity index is 2.27. The first-order chi connectivity index (χ1) is 8.70. The number of hydrogen-bond acceptors (Lipinski definition) is 3. The fraction of sp³-hybridized carbons (Fsp3) is 0.286. The normalized spacial score (nSPS) is 12.3. The summed E-state index contributed by atoms with van der Waals surface area (Å²) in [5, 5.41) is 13.2. The van der Waals surface area contributed by atoms with Crippen LogP contribution in [-0.4, -0.2) is 22.1 Å². The average Bonchev–Trinajstić information content (AvgIpc) is 2.38. The lowest BCUT2D eigenvalue weighted by Crippen LogP contribution is -2.22. The summed E-state index contributed by atoms with van der Waals surface area (Å²) in [5.74, 6) is -0.785. The molecule has 0 saturated heterocycles. The van der Waals surface area contributed by atoms with Gasteiger partial charge in [-0.2, -0.15) is 0 Å². The van der Waals surface area contributed by atoms with Crippen molar-refractivity contribution in [3.05, 3.63) is 36.5 Å². The molecule has 2 N–H and O–H groups in total. The van der Waals surface area contributed by atoms with Gasteiger partial charge in [0.25, 0.3) is 0 Å². The highest BCUT2D eigenvalue weighted by Gasteiger charge is 2.12. The minimum absolute atomic E-state index is 0.0618. The number of benzene rings is 1. The summed E-state index contributed by atoms with van der Waals surface area (Å²) in [6.45, 7) is 1.98. The monoisotopic (exact) mass is 244 g/mol. The van der Waals surface area contributed by atoms with E-state index in [1.165, 1.54) is 0 Å². The van der Waals surface area contributed by atoms with Crippen molar-refractivity contribution in [2.24, 2.45) is 0 Å². The molecule has 1 aromatic carbocycles. The van der Waals surface area contributed by atoms with Crippen LogP contribution in [0.5, 0.6) is 0 Å². The van der Waals surface area contributed by atoms with Crippen molar-refractivity contribution in [1.29, 1.82) is 0 Å². The van der Waals surface area contributed by atoms with Crippen molar-refractivity contribution in [3.8, 4) is 0 Å². The number of carboxylic acid groups (broad SMARTS) is 1. The summed E-state index contributed by atoms with van der Waals surface area (Å²) >= 11 is 0. The highest BCUT2D eigenvalue weighted by atomic mass is 16.4. The number of aromatic nitrogens is 1. The fourth-order valence-electron chi connectivity index (χ4n) is 1.95. The Morgan fingerprint density at radius 3 is 2.89 bits per heavy atom. The van der Waals surface area contributed by atoms with Gasteiger partial charge in [-0.05, 0) is 18.6 Å². The zero-order chi connectivity index (χ0) is 13.0. The largest absolute Gasteiger partial charge is 0.481 e. The number of anilines is 1. The molecule has 1 aromatic heterocycles. The molecule has 1 unspecified atom stereocenters. The molecular formula is C14H16N2O2. The van der Waals surface area contributed by atoms with E-state index < -0.39 is 5.97 Å². The van der Waals surface area contributed by atoms with Crippen LogP contribution in [0, 0.1) is 0 Å². The number of nitrogens with one attached hydrogen (secondary N) is 1. The molecule has 0 saturated carbocycles. The highest BCUT2D eigenvalue weighted by molar-refractivity contribution is 5.91. The van der Waals surface area contributed by atoms with Crippen molar-refractivity contribution in [3.63, 3.8) is 0 Å². The molecule has 2 rings (SSSR count). The molecule has 0 amide bonds. The third-order valence-electron chi connectivity index (χ3n) is 2.92. The van der Waals surface area contributed by atoms with E-state index in [0.717, 1.165) is 23.0 Å². The van der Waals surface area contributed by atoms with Crippen LogP contribution in [-0.2, 0) is 4.79 Å². The number of para-hydroxylation sites is 1. The van der Waals surface area contributed by atoms with E-state index in [9.17, 15) is 4.79 Å². The molecule has 0 aliphatic rings. The molecule has 18 heavy (non-hydrogen) atoms. The van der Waals surface area contributed by atoms with Crippen LogP contribution in [0.15, 0.2) is 36.5 Å². The maximum absolute atomic E-state index is 10.8. The van der Waals surface area contributed by atoms with Crippen LogP contribution < -0.4 is 5.32 Å². The molecule has 1 atom stereocenters. The van der Waals surface area contributed by atoms with E-state index in [4.69, 9.17) is 5.11 Å². The number of aliphatic carboxylic acids is 1. The van der Waals surface area contributed by atoms with Crippen molar-refractivity contribution < 1.29 is 9.90 Å². The molecule has 4 heteroatoms. The first-order valence-electron chi connectivity index (χ1n) is 6.02. The number of carboxylic acids is 1. The lowest BCUT2D eigenvalue weighted by Gasteiger charge is -2.17. The van der Waals surface area contributed by atoms with Crippen LogP contribution in [0.1, 0.15) is 19.8 Å². The molecule has 0 aliphatic carbocycles. The number of fused-ring (bicyclic) bond motifs is 1. The Kier molecular flexibility index (Phi) is 3.77. The molecule has 94 valence electrons. The molecule has 0 bridgehead atoms. The van der Waals surface area contributed by atoms with Crippen LogP contribution in [0.25, 0.3) is 10.9 Å². The van der Waals surface area contributed by atoms with E-state index in [1.807, 2.05) is 37.3 Å². The maximum atomic E-state index is 10.8. The summed E-state index contributed by atoms with van der Waals surface area (Å²) in [5.41, 5.74) is 1.85. The summed E-state index contributed by atoms with van der Waals surface area (Å²) in [6, 6.07) is 9.64. The minimum Gasteiger partial charge on any atom is -0.481 e. The Labute approximate surface area is 106 Å². The quantitative estimate of drug-likeness (QED) is 0.849. The van der Waals surface area contributed by atoms with Gasteiger partial charge in [-0.3, -0.25) is 9.78 Å². The van der Waals surface area contributed by atoms with Gasteiger partial charge in [-0.25, -0.2) is 0 Å². The van der Waals surface area contributed by atoms with Gasteiger partial charge in [0, 0.05) is 23.3 Å². The third-order valence-corrected chi connectivity index (χ3v) is 2.92. The summed E-state index contributed by atoms with van der Waals surface area (Å²) in [7, 11) is 0. The van der Waals surface area contributed by atoms with Crippen LogP contribution in [0.4, 0.5) is 5.69 Å². The zero-order valence-electron chi connectivity index (χ0n) is 10.3. The van der Waals surface area contributed by atoms with Crippen LogP contribution in [0.3, 0.4) is 0 Å². The Morgan fingerprint density at radius 2 is 2.17 bits per heavy atom. The second-order valence-electron chi connectivity index (χ2n) is 4.22. The molecule has 1 heterocycles. The third kappa shape index (κ3) is 2.77. The Hall–Kier alpha value is -2.10. The van der Waals surface area contributed by atoms with Gasteiger partial charge in [-0.15, -0.1) is 0 Å². The molecule has 0 radical (unpaired) electrons. The number of rotatable bonds is 5. The topological polar surface area (TPSA) is 62.2 Å². The molecular weight excluding hydrogens is 228 g/mol. The predicted molar refractivity (Wildman–Crippen MR) is 71.7 cm³/mol. The van der Waals surface area contributed by atoms with Gasteiger partial charge in [0.05, 0.1) is 11.9 Å². The highest BCUT2D eigenvalue weighted by Crippen LogP contribution is 2.22. The molecule has 4 nitrogen and oxygen atoms in total. The van der Waals surface area contributed by atoms with E-state index in [1.54, 1.807) is 6.20 Å². The first-order valence-corrected chi connectivity index (χ1v) is 6.02. The van der Waals surface area contributed by atoms with E-state index >= 15 is 0 Å².